The van der Waals surface area contributed by atoms with Gasteiger partial charge in [0.2, 0.25) is 0 Å². The van der Waals surface area contributed by atoms with Gasteiger partial charge in [-0.15, -0.1) is 0 Å². The highest BCUT2D eigenvalue weighted by atomic mass is 19.4. The number of carbonyl (C=O) groups is 1. The Bertz CT molecular complexity index is 1170. The van der Waals surface area contributed by atoms with E-state index in [1.54, 1.807) is 24.4 Å². The fourth-order valence-electron chi connectivity index (χ4n) is 4.33. The largest absolute Gasteiger partial charge is 0.433 e. The van der Waals surface area contributed by atoms with Crippen molar-refractivity contribution < 1.29 is 22.7 Å². The van der Waals surface area contributed by atoms with Crippen LogP contribution in [0.25, 0.3) is 11.3 Å². The van der Waals surface area contributed by atoms with E-state index in [1.165, 1.54) is 6.07 Å². The Morgan fingerprint density at radius 2 is 1.82 bits per heavy atom. The molecule has 4 heterocycles. The summed E-state index contributed by atoms with van der Waals surface area (Å²) in [5.41, 5.74) is 1.12. The van der Waals surface area contributed by atoms with Crippen molar-refractivity contribution in [1.29, 1.82) is 0 Å². The Kier molecular flexibility index (Phi) is 5.53. The number of nitrogens with zero attached hydrogens (tertiary/aromatic N) is 3. The molecule has 172 valence electrons. The van der Waals surface area contributed by atoms with Crippen LogP contribution in [0.3, 0.4) is 0 Å². The van der Waals surface area contributed by atoms with Gasteiger partial charge in [0.15, 0.2) is 0 Å². The molecule has 3 aromatic rings. The van der Waals surface area contributed by atoms with E-state index in [4.69, 9.17) is 4.74 Å². The van der Waals surface area contributed by atoms with Gasteiger partial charge in [-0.25, -0.2) is 9.67 Å². The second kappa shape index (κ2) is 8.51. The van der Waals surface area contributed by atoms with E-state index in [0.717, 1.165) is 24.5 Å². The molecule has 1 amide bonds. The van der Waals surface area contributed by atoms with Crippen LogP contribution in [0, 0.1) is 0 Å². The lowest BCUT2D eigenvalue weighted by atomic mass is 9.99. The quantitative estimate of drug-likeness (QED) is 0.618. The zero-order valence-electron chi connectivity index (χ0n) is 17.6. The van der Waals surface area contributed by atoms with Crippen LogP contribution in [0.15, 0.2) is 48.7 Å². The number of nitrogens with one attached hydrogen (secondary N) is 2. The third kappa shape index (κ3) is 4.30. The summed E-state index contributed by atoms with van der Waals surface area (Å²) in [7, 11) is 0. The Morgan fingerprint density at radius 1 is 1.03 bits per heavy atom. The first-order valence-electron chi connectivity index (χ1n) is 10.8. The summed E-state index contributed by atoms with van der Waals surface area (Å²) < 4.78 is 46.8. The van der Waals surface area contributed by atoms with Gasteiger partial charge >= 0.3 is 6.18 Å². The monoisotopic (exact) mass is 457 g/mol. The maximum Gasteiger partial charge on any atom is 0.433 e. The molecule has 1 atom stereocenters. The summed E-state index contributed by atoms with van der Waals surface area (Å²) in [5.74, 6) is 0.423. The number of anilines is 1. The fraction of sp³-hybridized carbons (Fsp3) is 0.348. The number of halogens is 3. The van der Waals surface area contributed by atoms with Crippen LogP contribution in [0.2, 0.25) is 0 Å². The molecule has 5 rings (SSSR count). The van der Waals surface area contributed by atoms with Crippen LogP contribution in [-0.4, -0.2) is 40.1 Å². The summed E-state index contributed by atoms with van der Waals surface area (Å²) >= 11 is 0. The number of fused-ring (bicyclic) bond motifs is 1. The zero-order valence-corrected chi connectivity index (χ0v) is 17.6. The highest BCUT2D eigenvalue weighted by molar-refractivity contribution is 6.00. The van der Waals surface area contributed by atoms with Crippen molar-refractivity contribution in [2.75, 3.05) is 18.5 Å². The van der Waals surface area contributed by atoms with Crippen LogP contribution in [0.4, 0.5) is 19.0 Å². The van der Waals surface area contributed by atoms with E-state index in [2.05, 4.69) is 20.7 Å². The molecule has 1 fully saturated rings. The number of rotatable bonds is 4. The number of pyridine rings is 1. The molecule has 1 aromatic carbocycles. The van der Waals surface area contributed by atoms with Crippen LogP contribution in [0.5, 0.6) is 0 Å². The Morgan fingerprint density at radius 3 is 2.61 bits per heavy atom. The highest BCUT2D eigenvalue weighted by Gasteiger charge is 2.33. The number of ether oxygens (including phenoxy) is 1. The first-order chi connectivity index (χ1) is 15.9. The minimum Gasteiger partial charge on any atom is -0.381 e. The molecule has 7 nitrogen and oxygen atoms in total. The average Bonchev–Trinajstić information content (AvgIpc) is 3.24. The molecule has 33 heavy (non-hydrogen) atoms. The number of benzene rings is 1. The smallest absolute Gasteiger partial charge is 0.381 e. The number of hydrogen-bond acceptors (Lipinski definition) is 5. The third-order valence-electron chi connectivity index (χ3n) is 5.95. The zero-order chi connectivity index (χ0) is 23.0. The van der Waals surface area contributed by atoms with Gasteiger partial charge in [0.25, 0.3) is 5.91 Å². The van der Waals surface area contributed by atoms with E-state index < -0.39 is 18.0 Å². The maximum atomic E-state index is 13.2. The number of carbonyl (C=O) groups excluding carboxylic acids is 1. The Hall–Kier alpha value is -3.40. The van der Waals surface area contributed by atoms with Crippen molar-refractivity contribution in [3.8, 4) is 11.3 Å². The minimum atomic E-state index is -4.52. The first kappa shape index (κ1) is 21.4. The molecule has 2 N–H and O–H groups in total. The normalized spacial score (nSPS) is 19.0. The van der Waals surface area contributed by atoms with Gasteiger partial charge in [0.05, 0.1) is 17.9 Å². The predicted octanol–water partition coefficient (Wildman–Crippen LogP) is 4.04. The van der Waals surface area contributed by atoms with Crippen LogP contribution in [-0.2, 0) is 17.3 Å². The average molecular weight is 457 g/mol. The topological polar surface area (TPSA) is 81.1 Å². The molecule has 0 spiro atoms. The molecule has 1 saturated heterocycles. The van der Waals surface area contributed by atoms with Crippen molar-refractivity contribution in [3.63, 3.8) is 0 Å². The van der Waals surface area contributed by atoms with E-state index in [-0.39, 0.29) is 17.6 Å². The molecule has 1 unspecified atom stereocenters. The standard InChI is InChI=1S/C23H22F3N5O2/c24-23(25,26)19-7-3-6-18(28-19)16-5-2-1-4-14(16)12-20-29-21-17(22(32)30-20)13-27-31(21)15-8-10-33-11-9-15/h1-7,13,15,20,29H,8-12H2,(H,30,32). The second-order valence-electron chi connectivity index (χ2n) is 8.13. The molecule has 0 bridgehead atoms. The summed E-state index contributed by atoms with van der Waals surface area (Å²) in [6.45, 7) is 1.29. The lowest BCUT2D eigenvalue weighted by Gasteiger charge is -2.30. The summed E-state index contributed by atoms with van der Waals surface area (Å²) in [5, 5.41) is 10.7. The number of hydrogen-bond donors (Lipinski definition) is 2. The molecule has 2 aromatic heterocycles. The molecular formula is C23H22F3N5O2. The Balaban J connectivity index is 1.42. The van der Waals surface area contributed by atoms with Gasteiger partial charge < -0.3 is 15.4 Å². The van der Waals surface area contributed by atoms with E-state index in [9.17, 15) is 18.0 Å². The molecule has 0 saturated carbocycles. The van der Waals surface area contributed by atoms with Crippen molar-refractivity contribution in [2.24, 2.45) is 0 Å². The van der Waals surface area contributed by atoms with E-state index in [0.29, 0.717) is 36.6 Å². The lowest BCUT2D eigenvalue weighted by Crippen LogP contribution is -2.46. The fourth-order valence-corrected chi connectivity index (χ4v) is 4.33. The van der Waals surface area contributed by atoms with Gasteiger partial charge in [-0.2, -0.15) is 18.3 Å². The minimum absolute atomic E-state index is 0.142. The van der Waals surface area contributed by atoms with Crippen molar-refractivity contribution in [3.05, 3.63) is 65.5 Å². The molecule has 2 aliphatic rings. The first-order valence-corrected chi connectivity index (χ1v) is 10.8. The number of amides is 1. The van der Waals surface area contributed by atoms with Crippen LogP contribution < -0.4 is 10.6 Å². The SMILES string of the molecule is O=C1NC(Cc2ccccc2-c2cccc(C(F)(F)F)n2)Nc2c1cnn2C1CCOCC1. The summed E-state index contributed by atoms with van der Waals surface area (Å²) in [6, 6.07) is 11.1. The highest BCUT2D eigenvalue weighted by Crippen LogP contribution is 2.32. The van der Waals surface area contributed by atoms with Crippen molar-refractivity contribution in [1.82, 2.24) is 20.1 Å². The Labute approximate surface area is 188 Å². The summed E-state index contributed by atoms with van der Waals surface area (Å²) in [6.07, 6.45) is -1.43. The van der Waals surface area contributed by atoms with Crippen LogP contribution >= 0.6 is 0 Å². The maximum absolute atomic E-state index is 13.2. The van der Waals surface area contributed by atoms with Crippen LogP contribution in [0.1, 0.15) is 40.5 Å². The molecule has 0 radical (unpaired) electrons. The second-order valence-corrected chi connectivity index (χ2v) is 8.13. The molecule has 2 aliphatic heterocycles. The van der Waals surface area contributed by atoms with E-state index >= 15 is 0 Å². The molecular weight excluding hydrogens is 435 g/mol. The predicted molar refractivity (Wildman–Crippen MR) is 115 cm³/mol. The van der Waals surface area contributed by atoms with Gasteiger partial charge in [0.1, 0.15) is 23.2 Å². The van der Waals surface area contributed by atoms with Gasteiger partial charge in [0, 0.05) is 25.2 Å². The lowest BCUT2D eigenvalue weighted by molar-refractivity contribution is -0.141. The third-order valence-corrected chi connectivity index (χ3v) is 5.95. The van der Waals surface area contributed by atoms with Gasteiger partial charge in [-0.1, -0.05) is 30.3 Å². The van der Waals surface area contributed by atoms with Gasteiger partial charge in [-0.3, -0.25) is 4.79 Å². The molecule has 10 heteroatoms. The van der Waals surface area contributed by atoms with Gasteiger partial charge in [-0.05, 0) is 30.5 Å². The number of aromatic nitrogens is 3. The van der Waals surface area contributed by atoms with Crippen molar-refractivity contribution >= 4 is 11.7 Å². The van der Waals surface area contributed by atoms with Crippen molar-refractivity contribution in [2.45, 2.75) is 37.6 Å². The van der Waals surface area contributed by atoms with E-state index in [1.807, 2.05) is 16.8 Å². The summed E-state index contributed by atoms with van der Waals surface area (Å²) in [4.78, 5) is 16.6. The molecule has 0 aliphatic carbocycles. The number of alkyl halides is 3.